The predicted molar refractivity (Wildman–Crippen MR) is 90.7 cm³/mol. The van der Waals surface area contributed by atoms with Gasteiger partial charge in [0, 0.05) is 32.7 Å². The molecule has 1 fully saturated rings. The fourth-order valence-corrected chi connectivity index (χ4v) is 2.87. The number of likely N-dealkylation sites (N-methyl/N-ethyl adjacent to an activating group) is 1. The summed E-state index contributed by atoms with van der Waals surface area (Å²) in [6, 6.07) is 9.21. The van der Waals surface area contributed by atoms with Crippen LogP contribution in [0.1, 0.15) is 31.4 Å². The molecule has 1 aromatic carbocycles. The molecule has 1 aliphatic heterocycles. The highest BCUT2D eigenvalue weighted by molar-refractivity contribution is 5.22. The molecule has 0 atom stereocenters. The maximum atomic E-state index is 3.46. The molecule has 0 aromatic heterocycles. The number of hydrogen-bond acceptors (Lipinski definition) is 3. The summed E-state index contributed by atoms with van der Waals surface area (Å²) in [7, 11) is 0. The largest absolute Gasteiger partial charge is 0.316 e. The van der Waals surface area contributed by atoms with Gasteiger partial charge in [-0.15, -0.1) is 0 Å². The van der Waals surface area contributed by atoms with E-state index in [1.807, 2.05) is 0 Å². The van der Waals surface area contributed by atoms with Crippen LogP contribution >= 0.6 is 0 Å². The van der Waals surface area contributed by atoms with Crippen molar-refractivity contribution in [1.29, 1.82) is 0 Å². The molecule has 21 heavy (non-hydrogen) atoms. The molecule has 1 aliphatic rings. The van der Waals surface area contributed by atoms with Crippen LogP contribution in [-0.4, -0.2) is 55.6 Å². The zero-order valence-corrected chi connectivity index (χ0v) is 13.8. The summed E-state index contributed by atoms with van der Waals surface area (Å²) >= 11 is 0. The lowest BCUT2D eigenvalue weighted by atomic mass is 10.1. The molecule has 0 spiro atoms. The average molecular weight is 289 g/mol. The Morgan fingerprint density at radius 3 is 2.10 bits per heavy atom. The highest BCUT2D eigenvalue weighted by Crippen LogP contribution is 2.10. The molecule has 0 radical (unpaired) electrons. The van der Waals surface area contributed by atoms with E-state index < -0.39 is 0 Å². The quantitative estimate of drug-likeness (QED) is 0.741. The van der Waals surface area contributed by atoms with Gasteiger partial charge in [0.2, 0.25) is 0 Å². The minimum atomic E-state index is 1.09. The Morgan fingerprint density at radius 2 is 1.48 bits per heavy atom. The van der Waals surface area contributed by atoms with Crippen molar-refractivity contribution in [2.24, 2.45) is 0 Å². The molecule has 1 heterocycles. The summed E-state index contributed by atoms with van der Waals surface area (Å²) in [5.74, 6) is 0. The average Bonchev–Trinajstić information content (AvgIpc) is 2.54. The van der Waals surface area contributed by atoms with Crippen molar-refractivity contribution >= 4 is 0 Å². The van der Waals surface area contributed by atoms with Crippen LogP contribution in [0.4, 0.5) is 0 Å². The first-order valence-electron chi connectivity index (χ1n) is 8.55. The van der Waals surface area contributed by atoms with E-state index in [0.29, 0.717) is 0 Å². The van der Waals surface area contributed by atoms with E-state index in [2.05, 4.69) is 53.2 Å². The first kappa shape index (κ1) is 16.5. The van der Waals surface area contributed by atoms with E-state index in [9.17, 15) is 0 Å². The van der Waals surface area contributed by atoms with E-state index >= 15 is 0 Å². The lowest BCUT2D eigenvalue weighted by molar-refractivity contribution is 0.132. The van der Waals surface area contributed by atoms with Crippen LogP contribution in [0, 0.1) is 0 Å². The SMILES string of the molecule is CCCNCCc1ccc(CN2CCN(CC)CC2)cc1. The Kier molecular flexibility index (Phi) is 7.20. The van der Waals surface area contributed by atoms with Gasteiger partial charge in [-0.25, -0.2) is 0 Å². The Hall–Kier alpha value is -0.900. The monoisotopic (exact) mass is 289 g/mol. The summed E-state index contributed by atoms with van der Waals surface area (Å²) in [5.41, 5.74) is 2.89. The van der Waals surface area contributed by atoms with Crippen molar-refractivity contribution in [3.8, 4) is 0 Å². The van der Waals surface area contributed by atoms with Crippen LogP contribution in [0.5, 0.6) is 0 Å². The highest BCUT2D eigenvalue weighted by atomic mass is 15.3. The third kappa shape index (κ3) is 5.77. The van der Waals surface area contributed by atoms with Gasteiger partial charge in [-0.1, -0.05) is 38.1 Å². The second-order valence-corrected chi connectivity index (χ2v) is 6.03. The molecule has 3 heteroatoms. The molecule has 0 bridgehead atoms. The third-order valence-corrected chi connectivity index (χ3v) is 4.36. The Bertz CT molecular complexity index is 380. The zero-order chi connectivity index (χ0) is 14.9. The van der Waals surface area contributed by atoms with Gasteiger partial charge in [-0.2, -0.15) is 0 Å². The topological polar surface area (TPSA) is 18.5 Å². The summed E-state index contributed by atoms with van der Waals surface area (Å²) in [6.45, 7) is 13.8. The van der Waals surface area contributed by atoms with Crippen LogP contribution in [0.15, 0.2) is 24.3 Å². The minimum Gasteiger partial charge on any atom is -0.316 e. The summed E-state index contributed by atoms with van der Waals surface area (Å²) in [6.07, 6.45) is 2.35. The standard InChI is InChI=1S/C18H31N3/c1-3-10-19-11-9-17-5-7-18(8-6-17)16-21-14-12-20(4-2)13-15-21/h5-8,19H,3-4,9-16H2,1-2H3. The lowest BCUT2D eigenvalue weighted by Gasteiger charge is -2.34. The van der Waals surface area contributed by atoms with Crippen molar-refractivity contribution in [2.45, 2.75) is 33.2 Å². The Balaban J connectivity index is 1.72. The van der Waals surface area contributed by atoms with Gasteiger partial charge in [-0.3, -0.25) is 4.90 Å². The van der Waals surface area contributed by atoms with Gasteiger partial charge < -0.3 is 10.2 Å². The van der Waals surface area contributed by atoms with Crippen molar-refractivity contribution in [3.05, 3.63) is 35.4 Å². The Morgan fingerprint density at radius 1 is 0.857 bits per heavy atom. The van der Waals surface area contributed by atoms with Gasteiger partial charge in [0.05, 0.1) is 0 Å². The molecule has 0 amide bonds. The predicted octanol–water partition coefficient (Wildman–Crippen LogP) is 2.37. The van der Waals surface area contributed by atoms with Crippen LogP contribution in [0.25, 0.3) is 0 Å². The first-order chi connectivity index (χ1) is 10.3. The van der Waals surface area contributed by atoms with Gasteiger partial charge in [0.25, 0.3) is 0 Å². The summed E-state index contributed by atoms with van der Waals surface area (Å²) < 4.78 is 0. The molecular formula is C18H31N3. The van der Waals surface area contributed by atoms with E-state index in [1.165, 1.54) is 50.3 Å². The molecule has 0 aliphatic carbocycles. The molecule has 2 rings (SSSR count). The Labute approximate surface area is 130 Å². The second-order valence-electron chi connectivity index (χ2n) is 6.03. The van der Waals surface area contributed by atoms with Gasteiger partial charge in [-0.05, 0) is 43.6 Å². The van der Waals surface area contributed by atoms with Crippen molar-refractivity contribution in [3.63, 3.8) is 0 Å². The van der Waals surface area contributed by atoms with Crippen LogP contribution in [0.2, 0.25) is 0 Å². The van der Waals surface area contributed by atoms with Crippen LogP contribution in [-0.2, 0) is 13.0 Å². The molecule has 3 nitrogen and oxygen atoms in total. The summed E-state index contributed by atoms with van der Waals surface area (Å²) in [4.78, 5) is 5.10. The smallest absolute Gasteiger partial charge is 0.0234 e. The number of rotatable bonds is 8. The second kappa shape index (κ2) is 9.19. The van der Waals surface area contributed by atoms with E-state index in [0.717, 1.165) is 26.1 Å². The van der Waals surface area contributed by atoms with Crippen molar-refractivity contribution in [1.82, 2.24) is 15.1 Å². The molecule has 1 saturated heterocycles. The lowest BCUT2D eigenvalue weighted by Crippen LogP contribution is -2.45. The molecule has 118 valence electrons. The van der Waals surface area contributed by atoms with Gasteiger partial charge in [0.1, 0.15) is 0 Å². The van der Waals surface area contributed by atoms with Crippen molar-refractivity contribution in [2.75, 3.05) is 45.8 Å². The summed E-state index contributed by atoms with van der Waals surface area (Å²) in [5, 5.41) is 3.46. The highest BCUT2D eigenvalue weighted by Gasteiger charge is 2.15. The number of nitrogens with one attached hydrogen (secondary N) is 1. The first-order valence-corrected chi connectivity index (χ1v) is 8.55. The molecule has 0 unspecified atom stereocenters. The number of benzene rings is 1. The van der Waals surface area contributed by atoms with Crippen molar-refractivity contribution < 1.29 is 0 Å². The molecule has 0 saturated carbocycles. The third-order valence-electron chi connectivity index (χ3n) is 4.36. The molecular weight excluding hydrogens is 258 g/mol. The number of nitrogens with zero attached hydrogens (tertiary/aromatic N) is 2. The van der Waals surface area contributed by atoms with Crippen LogP contribution in [0.3, 0.4) is 0 Å². The zero-order valence-electron chi connectivity index (χ0n) is 13.8. The van der Waals surface area contributed by atoms with E-state index in [1.54, 1.807) is 0 Å². The maximum Gasteiger partial charge on any atom is 0.0234 e. The minimum absolute atomic E-state index is 1.09. The normalized spacial score (nSPS) is 17.2. The van der Waals surface area contributed by atoms with E-state index in [4.69, 9.17) is 0 Å². The molecule has 1 N–H and O–H groups in total. The number of hydrogen-bond donors (Lipinski definition) is 1. The molecule has 1 aromatic rings. The fraction of sp³-hybridized carbons (Fsp3) is 0.667. The fourth-order valence-electron chi connectivity index (χ4n) is 2.87. The van der Waals surface area contributed by atoms with E-state index in [-0.39, 0.29) is 0 Å². The van der Waals surface area contributed by atoms with Gasteiger partial charge in [0.15, 0.2) is 0 Å². The van der Waals surface area contributed by atoms with Gasteiger partial charge >= 0.3 is 0 Å². The maximum absolute atomic E-state index is 3.46. The number of piperazine rings is 1. The van der Waals surface area contributed by atoms with Crippen LogP contribution < -0.4 is 5.32 Å².